The zero-order valence-corrected chi connectivity index (χ0v) is 11.4. The van der Waals surface area contributed by atoms with Crippen molar-refractivity contribution in [2.24, 2.45) is 0 Å². The van der Waals surface area contributed by atoms with Crippen LogP contribution in [0, 0.1) is 0 Å². The second kappa shape index (κ2) is 5.87. The van der Waals surface area contributed by atoms with Gasteiger partial charge in [-0.1, -0.05) is 12.1 Å². The lowest BCUT2D eigenvalue weighted by atomic mass is 10.1. The SMILES string of the molecule is CCN(CC(C)(C)O)C(=O)c1ccccc1OC. The van der Waals surface area contributed by atoms with Crippen LogP contribution in [0.4, 0.5) is 0 Å². The van der Waals surface area contributed by atoms with Crippen molar-refractivity contribution in [1.82, 2.24) is 4.90 Å². The van der Waals surface area contributed by atoms with E-state index in [0.717, 1.165) is 0 Å². The van der Waals surface area contributed by atoms with Crippen LogP contribution in [-0.2, 0) is 0 Å². The summed E-state index contributed by atoms with van der Waals surface area (Å²) in [5.74, 6) is 0.425. The molecule has 0 fully saturated rings. The molecule has 0 aliphatic rings. The molecule has 18 heavy (non-hydrogen) atoms. The first-order chi connectivity index (χ1) is 8.39. The van der Waals surface area contributed by atoms with Gasteiger partial charge in [0.1, 0.15) is 5.75 Å². The van der Waals surface area contributed by atoms with E-state index >= 15 is 0 Å². The highest BCUT2D eigenvalue weighted by molar-refractivity contribution is 5.97. The first-order valence-corrected chi connectivity index (χ1v) is 6.03. The standard InChI is InChI=1S/C14H21NO3/c1-5-15(10-14(2,3)17)13(16)11-8-6-7-9-12(11)18-4/h6-9,17H,5,10H2,1-4H3. The quantitative estimate of drug-likeness (QED) is 0.870. The summed E-state index contributed by atoms with van der Waals surface area (Å²) in [5, 5.41) is 9.82. The van der Waals surface area contributed by atoms with Crippen LogP contribution in [0.25, 0.3) is 0 Å². The number of benzene rings is 1. The molecule has 0 atom stereocenters. The molecule has 0 bridgehead atoms. The lowest BCUT2D eigenvalue weighted by Crippen LogP contribution is -2.42. The molecule has 0 saturated carbocycles. The lowest BCUT2D eigenvalue weighted by molar-refractivity contribution is 0.0313. The molecule has 0 saturated heterocycles. The fraction of sp³-hybridized carbons (Fsp3) is 0.500. The molecule has 0 spiro atoms. The summed E-state index contributed by atoms with van der Waals surface area (Å²) in [6.07, 6.45) is 0. The minimum absolute atomic E-state index is 0.128. The molecule has 0 radical (unpaired) electrons. The van der Waals surface area contributed by atoms with Gasteiger partial charge in [0.05, 0.1) is 18.3 Å². The maximum atomic E-state index is 12.4. The van der Waals surface area contributed by atoms with Gasteiger partial charge in [-0.3, -0.25) is 4.79 Å². The molecule has 4 heteroatoms. The van der Waals surface area contributed by atoms with Gasteiger partial charge in [-0.15, -0.1) is 0 Å². The average molecular weight is 251 g/mol. The van der Waals surface area contributed by atoms with Crippen LogP contribution in [0.1, 0.15) is 31.1 Å². The Hall–Kier alpha value is -1.55. The molecule has 0 aromatic heterocycles. The highest BCUT2D eigenvalue weighted by atomic mass is 16.5. The van der Waals surface area contributed by atoms with Gasteiger partial charge in [0, 0.05) is 13.1 Å². The summed E-state index contributed by atoms with van der Waals surface area (Å²) in [5.41, 5.74) is -0.390. The summed E-state index contributed by atoms with van der Waals surface area (Å²) in [6, 6.07) is 7.11. The van der Waals surface area contributed by atoms with Gasteiger partial charge < -0.3 is 14.7 Å². The van der Waals surface area contributed by atoms with E-state index in [1.165, 1.54) is 0 Å². The summed E-state index contributed by atoms with van der Waals surface area (Å²) < 4.78 is 5.18. The Bertz CT molecular complexity index is 410. The molecule has 4 nitrogen and oxygen atoms in total. The van der Waals surface area contributed by atoms with Crippen molar-refractivity contribution in [2.75, 3.05) is 20.2 Å². The van der Waals surface area contributed by atoms with Crippen LogP contribution in [0.2, 0.25) is 0 Å². The Kier molecular flexibility index (Phi) is 4.73. The molecule has 1 N–H and O–H groups in total. The van der Waals surface area contributed by atoms with E-state index in [2.05, 4.69) is 0 Å². The lowest BCUT2D eigenvalue weighted by Gasteiger charge is -2.28. The summed E-state index contributed by atoms with van der Waals surface area (Å²) in [7, 11) is 1.54. The second-order valence-corrected chi connectivity index (χ2v) is 4.83. The van der Waals surface area contributed by atoms with Gasteiger partial charge in [-0.2, -0.15) is 0 Å². The number of para-hydroxylation sites is 1. The van der Waals surface area contributed by atoms with Crippen molar-refractivity contribution in [2.45, 2.75) is 26.4 Å². The number of carbonyl (C=O) groups excluding carboxylic acids is 1. The zero-order valence-electron chi connectivity index (χ0n) is 11.4. The zero-order chi connectivity index (χ0) is 13.8. The number of nitrogens with zero attached hydrogens (tertiary/aromatic N) is 1. The van der Waals surface area contributed by atoms with Crippen LogP contribution in [-0.4, -0.2) is 41.7 Å². The Morgan fingerprint density at radius 1 is 1.39 bits per heavy atom. The van der Waals surface area contributed by atoms with Crippen molar-refractivity contribution in [3.05, 3.63) is 29.8 Å². The molecular formula is C14H21NO3. The molecule has 0 unspecified atom stereocenters. The van der Waals surface area contributed by atoms with Crippen LogP contribution < -0.4 is 4.74 Å². The van der Waals surface area contributed by atoms with E-state index < -0.39 is 5.60 Å². The molecule has 1 aromatic rings. The van der Waals surface area contributed by atoms with Crippen molar-refractivity contribution in [1.29, 1.82) is 0 Å². The number of rotatable bonds is 5. The van der Waals surface area contributed by atoms with Gasteiger partial charge in [-0.25, -0.2) is 0 Å². The molecule has 0 aliphatic heterocycles. The molecule has 0 aliphatic carbocycles. The predicted octanol–water partition coefficient (Wildman–Crippen LogP) is 1.93. The first kappa shape index (κ1) is 14.5. The van der Waals surface area contributed by atoms with Crippen molar-refractivity contribution < 1.29 is 14.6 Å². The van der Waals surface area contributed by atoms with Gasteiger partial charge in [0.2, 0.25) is 0 Å². The van der Waals surface area contributed by atoms with E-state index in [1.54, 1.807) is 44.1 Å². The number of likely N-dealkylation sites (N-methyl/N-ethyl adjacent to an activating group) is 1. The minimum atomic E-state index is -0.909. The van der Waals surface area contributed by atoms with Gasteiger partial charge in [0.15, 0.2) is 0 Å². The highest BCUT2D eigenvalue weighted by Crippen LogP contribution is 2.20. The highest BCUT2D eigenvalue weighted by Gasteiger charge is 2.23. The Morgan fingerprint density at radius 3 is 2.50 bits per heavy atom. The topological polar surface area (TPSA) is 49.8 Å². The Morgan fingerprint density at radius 2 is 2.00 bits per heavy atom. The van der Waals surface area contributed by atoms with Gasteiger partial charge in [-0.05, 0) is 32.9 Å². The summed E-state index contributed by atoms with van der Waals surface area (Å²) in [6.45, 7) is 6.09. The maximum Gasteiger partial charge on any atom is 0.257 e. The predicted molar refractivity (Wildman–Crippen MR) is 70.9 cm³/mol. The summed E-state index contributed by atoms with van der Waals surface area (Å²) >= 11 is 0. The largest absolute Gasteiger partial charge is 0.496 e. The van der Waals surface area contributed by atoms with Gasteiger partial charge >= 0.3 is 0 Å². The van der Waals surface area contributed by atoms with Crippen molar-refractivity contribution in [3.63, 3.8) is 0 Å². The number of carbonyl (C=O) groups is 1. The van der Waals surface area contributed by atoms with Crippen LogP contribution in [0.15, 0.2) is 24.3 Å². The third kappa shape index (κ3) is 3.74. The fourth-order valence-corrected chi connectivity index (χ4v) is 1.79. The van der Waals surface area contributed by atoms with E-state index in [9.17, 15) is 9.90 Å². The number of methoxy groups -OCH3 is 1. The molecule has 1 aromatic carbocycles. The monoisotopic (exact) mass is 251 g/mol. The fourth-order valence-electron chi connectivity index (χ4n) is 1.79. The number of amides is 1. The maximum absolute atomic E-state index is 12.4. The minimum Gasteiger partial charge on any atom is -0.496 e. The van der Waals surface area contributed by atoms with Crippen molar-refractivity contribution >= 4 is 5.91 Å². The van der Waals surface area contributed by atoms with E-state index in [-0.39, 0.29) is 5.91 Å². The van der Waals surface area contributed by atoms with Gasteiger partial charge in [0.25, 0.3) is 5.91 Å². The molecule has 0 heterocycles. The molecule has 100 valence electrons. The first-order valence-electron chi connectivity index (χ1n) is 6.03. The number of hydrogen-bond donors (Lipinski definition) is 1. The summed E-state index contributed by atoms with van der Waals surface area (Å²) in [4.78, 5) is 14.0. The number of ether oxygens (including phenoxy) is 1. The molecular weight excluding hydrogens is 230 g/mol. The van der Waals surface area contributed by atoms with Crippen molar-refractivity contribution in [3.8, 4) is 5.75 Å². The van der Waals surface area contributed by atoms with Crippen LogP contribution in [0.5, 0.6) is 5.75 Å². The Balaban J connectivity index is 2.97. The third-order valence-corrected chi connectivity index (χ3v) is 2.58. The molecule has 1 rings (SSSR count). The number of hydrogen-bond acceptors (Lipinski definition) is 3. The van der Waals surface area contributed by atoms with E-state index in [4.69, 9.17) is 4.74 Å². The second-order valence-electron chi connectivity index (χ2n) is 4.83. The third-order valence-electron chi connectivity index (χ3n) is 2.58. The average Bonchev–Trinajstić information content (AvgIpc) is 2.34. The normalized spacial score (nSPS) is 11.2. The van der Waals surface area contributed by atoms with Crippen LogP contribution in [0.3, 0.4) is 0 Å². The number of aliphatic hydroxyl groups is 1. The Labute approximate surface area is 108 Å². The smallest absolute Gasteiger partial charge is 0.257 e. The van der Waals surface area contributed by atoms with E-state index in [1.807, 2.05) is 13.0 Å². The van der Waals surface area contributed by atoms with E-state index in [0.29, 0.717) is 24.4 Å². The molecule has 1 amide bonds. The van der Waals surface area contributed by atoms with Crippen LogP contribution >= 0.6 is 0 Å².